The molecule has 0 spiro atoms. The molecular weight excluding hydrogens is 686 g/mol. The van der Waals surface area contributed by atoms with Crippen LogP contribution in [0.2, 0.25) is 0 Å². The summed E-state index contributed by atoms with van der Waals surface area (Å²) in [5.74, 6) is 3.81. The van der Waals surface area contributed by atoms with Gasteiger partial charge in [-0.2, -0.15) is 9.97 Å². The Morgan fingerprint density at radius 3 is 1.77 bits per heavy atom. The number of piperidine rings is 1. The van der Waals surface area contributed by atoms with Crippen LogP contribution in [0.15, 0.2) is 12.1 Å². The van der Waals surface area contributed by atoms with Crippen molar-refractivity contribution in [2.45, 2.75) is 25.5 Å². The SMILES string of the molecule is COCCN(CCOC)c1nc(N2CCN(C)C(=O)C2)c2nc(N(CCOC)Cc3ccc(OC)c(OC)c3OC)nc(N3CCC(OC)CC3)c2n1. The minimum absolute atomic E-state index is 0.00130. The van der Waals surface area contributed by atoms with Crippen LogP contribution in [0.25, 0.3) is 11.0 Å². The Morgan fingerprint density at radius 2 is 1.25 bits per heavy atom. The Morgan fingerprint density at radius 1 is 0.679 bits per heavy atom. The van der Waals surface area contributed by atoms with Crippen molar-refractivity contribution < 1.29 is 38.0 Å². The molecule has 53 heavy (non-hydrogen) atoms. The van der Waals surface area contributed by atoms with Crippen LogP contribution in [-0.4, -0.2) is 166 Å². The molecule has 1 amide bonds. The van der Waals surface area contributed by atoms with E-state index in [1.165, 1.54) is 0 Å². The second-order valence-electron chi connectivity index (χ2n) is 12.9. The fourth-order valence-corrected chi connectivity index (χ4v) is 6.59. The Bertz CT molecular complexity index is 1650. The summed E-state index contributed by atoms with van der Waals surface area (Å²) in [4.78, 5) is 44.1. The molecule has 0 bridgehead atoms. The number of nitrogens with zero attached hydrogens (tertiary/aromatic N) is 9. The van der Waals surface area contributed by atoms with E-state index in [0.717, 1.165) is 18.4 Å². The zero-order valence-electron chi connectivity index (χ0n) is 32.4. The predicted molar refractivity (Wildman–Crippen MR) is 202 cm³/mol. The summed E-state index contributed by atoms with van der Waals surface area (Å²) < 4.78 is 39.3. The molecule has 1 aromatic carbocycles. The van der Waals surface area contributed by atoms with Crippen LogP contribution in [0.4, 0.5) is 23.5 Å². The van der Waals surface area contributed by atoms with E-state index in [2.05, 4.69) is 9.80 Å². The van der Waals surface area contributed by atoms with Gasteiger partial charge in [-0.3, -0.25) is 4.79 Å². The van der Waals surface area contributed by atoms with Crippen molar-refractivity contribution in [3.8, 4) is 17.2 Å². The maximum absolute atomic E-state index is 13.1. The Labute approximate surface area is 312 Å². The first-order chi connectivity index (χ1) is 25.8. The van der Waals surface area contributed by atoms with Crippen LogP contribution in [0.5, 0.6) is 17.2 Å². The van der Waals surface area contributed by atoms with Gasteiger partial charge >= 0.3 is 0 Å². The third kappa shape index (κ3) is 9.20. The molecule has 0 aliphatic carbocycles. The van der Waals surface area contributed by atoms with E-state index < -0.39 is 0 Å². The first-order valence-corrected chi connectivity index (χ1v) is 17.9. The maximum atomic E-state index is 13.1. The third-order valence-corrected chi connectivity index (χ3v) is 9.72. The molecule has 0 unspecified atom stereocenters. The van der Waals surface area contributed by atoms with Gasteiger partial charge in [-0.25, -0.2) is 9.97 Å². The quantitative estimate of drug-likeness (QED) is 0.176. The van der Waals surface area contributed by atoms with Crippen molar-refractivity contribution in [1.82, 2.24) is 24.8 Å². The van der Waals surface area contributed by atoms with Crippen molar-refractivity contribution in [2.24, 2.45) is 0 Å². The minimum Gasteiger partial charge on any atom is -0.493 e. The van der Waals surface area contributed by atoms with Crippen LogP contribution < -0.4 is 33.8 Å². The summed E-state index contributed by atoms with van der Waals surface area (Å²) >= 11 is 0. The standard InChI is InChI=1S/C36H55N9O8/c1-41-15-16-44(24-28(41)46)34-30-29(37-35(40-34)43(17-20-47-2)18-21-48-3)33(42-13-11-26(50-5)12-14-42)39-36(38-30)45(19-22-49-4)23-25-9-10-27(51-6)32(53-8)31(25)52-7/h9-10,26H,11-24H2,1-8H3. The normalized spacial score (nSPS) is 15.3. The molecule has 3 aromatic rings. The number of fused-ring (bicyclic) bond motifs is 1. The second kappa shape index (κ2) is 19.0. The number of rotatable bonds is 19. The van der Waals surface area contributed by atoms with Gasteiger partial charge in [0.25, 0.3) is 0 Å². The van der Waals surface area contributed by atoms with E-state index in [1.807, 2.05) is 29.0 Å². The van der Waals surface area contributed by atoms with Crippen LogP contribution in [0, 0.1) is 0 Å². The number of carbonyl (C=O) groups is 1. The summed E-state index contributed by atoms with van der Waals surface area (Å²) in [5, 5.41) is 0. The smallest absolute Gasteiger partial charge is 0.241 e. The van der Waals surface area contributed by atoms with Gasteiger partial charge in [0.15, 0.2) is 23.1 Å². The van der Waals surface area contributed by atoms with Crippen LogP contribution in [-0.2, 0) is 30.3 Å². The van der Waals surface area contributed by atoms with E-state index in [0.29, 0.717) is 124 Å². The number of ether oxygens (including phenoxy) is 7. The first kappa shape index (κ1) is 39.8. The molecule has 0 atom stereocenters. The average molecular weight is 742 g/mol. The number of hydrogen-bond donors (Lipinski definition) is 0. The fraction of sp³-hybridized carbons (Fsp3) is 0.639. The van der Waals surface area contributed by atoms with Crippen molar-refractivity contribution in [2.75, 3.05) is 149 Å². The van der Waals surface area contributed by atoms with Crippen LogP contribution in [0.1, 0.15) is 18.4 Å². The molecule has 0 N–H and O–H groups in total. The highest BCUT2D eigenvalue weighted by molar-refractivity contribution is 5.96. The van der Waals surface area contributed by atoms with Crippen LogP contribution >= 0.6 is 0 Å². The fourth-order valence-electron chi connectivity index (χ4n) is 6.59. The van der Waals surface area contributed by atoms with Gasteiger partial charge < -0.3 is 57.7 Å². The summed E-state index contributed by atoms with van der Waals surface area (Å²) in [5.41, 5.74) is 2.00. The highest BCUT2D eigenvalue weighted by Crippen LogP contribution is 2.41. The number of piperazine rings is 1. The van der Waals surface area contributed by atoms with Gasteiger partial charge in [0, 0.05) is 93.4 Å². The molecule has 0 saturated carbocycles. The van der Waals surface area contributed by atoms with E-state index in [9.17, 15) is 4.79 Å². The van der Waals surface area contributed by atoms with E-state index in [4.69, 9.17) is 53.1 Å². The lowest BCUT2D eigenvalue weighted by Gasteiger charge is -2.35. The number of methoxy groups -OCH3 is 7. The number of amides is 1. The predicted octanol–water partition coefficient (Wildman–Crippen LogP) is 2.09. The minimum atomic E-state index is -0.00130. The lowest BCUT2D eigenvalue weighted by Crippen LogP contribution is -2.49. The number of hydrogen-bond acceptors (Lipinski definition) is 16. The highest BCUT2D eigenvalue weighted by Gasteiger charge is 2.31. The summed E-state index contributed by atoms with van der Waals surface area (Å²) in [6, 6.07) is 3.80. The lowest BCUT2D eigenvalue weighted by molar-refractivity contribution is -0.129. The number of anilines is 4. The zero-order chi connectivity index (χ0) is 37.9. The Kier molecular flexibility index (Phi) is 14.3. The van der Waals surface area contributed by atoms with Gasteiger partial charge in [-0.15, -0.1) is 0 Å². The Hall–Kier alpha value is -4.45. The lowest BCUT2D eigenvalue weighted by atomic mass is 10.1. The first-order valence-electron chi connectivity index (χ1n) is 17.9. The summed E-state index contributed by atoms with van der Waals surface area (Å²) in [7, 11) is 13.4. The van der Waals surface area contributed by atoms with E-state index >= 15 is 0 Å². The maximum Gasteiger partial charge on any atom is 0.241 e. The van der Waals surface area contributed by atoms with Gasteiger partial charge in [-0.05, 0) is 25.0 Å². The number of likely N-dealkylation sites (N-methyl/N-ethyl adjacent to an activating group) is 1. The summed E-state index contributed by atoms with van der Waals surface area (Å²) in [6.45, 7) is 5.96. The summed E-state index contributed by atoms with van der Waals surface area (Å²) in [6.07, 6.45) is 1.82. The third-order valence-electron chi connectivity index (χ3n) is 9.72. The Balaban J connectivity index is 1.73. The molecule has 2 saturated heterocycles. The van der Waals surface area contributed by atoms with Crippen LogP contribution in [0.3, 0.4) is 0 Å². The highest BCUT2D eigenvalue weighted by atomic mass is 16.5. The number of aromatic nitrogens is 4. The largest absolute Gasteiger partial charge is 0.493 e. The second-order valence-corrected chi connectivity index (χ2v) is 12.9. The van der Waals surface area contributed by atoms with Crippen molar-refractivity contribution in [3.63, 3.8) is 0 Å². The molecule has 0 radical (unpaired) electrons. The van der Waals surface area contributed by atoms with E-state index in [1.54, 1.807) is 54.7 Å². The molecule has 17 heteroatoms. The average Bonchev–Trinajstić information content (AvgIpc) is 3.19. The van der Waals surface area contributed by atoms with Crippen molar-refractivity contribution in [3.05, 3.63) is 17.7 Å². The van der Waals surface area contributed by atoms with Gasteiger partial charge in [0.05, 0.1) is 53.8 Å². The van der Waals surface area contributed by atoms with Crippen molar-refractivity contribution >= 4 is 40.5 Å². The molecule has 2 aliphatic heterocycles. The monoisotopic (exact) mass is 741 g/mol. The number of benzene rings is 1. The molecule has 2 aromatic heterocycles. The zero-order valence-corrected chi connectivity index (χ0v) is 32.4. The van der Waals surface area contributed by atoms with Gasteiger partial charge in [0.1, 0.15) is 11.0 Å². The molecule has 5 rings (SSSR count). The molecule has 2 aliphatic rings. The topological polar surface area (TPSA) is 149 Å². The number of carbonyl (C=O) groups excluding carboxylic acids is 1. The van der Waals surface area contributed by atoms with Crippen molar-refractivity contribution in [1.29, 1.82) is 0 Å². The molecule has 17 nitrogen and oxygen atoms in total. The van der Waals surface area contributed by atoms with E-state index in [-0.39, 0.29) is 18.6 Å². The molecule has 292 valence electrons. The molecule has 4 heterocycles. The molecule has 2 fully saturated rings. The van der Waals surface area contributed by atoms with Gasteiger partial charge in [-0.1, -0.05) is 0 Å². The molecular formula is C36H55N9O8. The van der Waals surface area contributed by atoms with Gasteiger partial charge in [0.2, 0.25) is 23.6 Å².